The fraction of sp³-hybridized carbons (Fsp3) is 0.550. The zero-order valence-corrected chi connectivity index (χ0v) is 17.8. The number of carbonyl (C=O) groups excluding carboxylic acids is 2. The molecule has 0 amide bonds. The van der Waals surface area contributed by atoms with Gasteiger partial charge in [0.25, 0.3) is 0 Å². The molecule has 0 N–H and O–H groups in total. The van der Waals surface area contributed by atoms with E-state index in [0.29, 0.717) is 6.42 Å². The van der Waals surface area contributed by atoms with Gasteiger partial charge in [0.2, 0.25) is 0 Å². The molecule has 0 bridgehead atoms. The molecule has 30 heavy (non-hydrogen) atoms. The molecule has 0 fully saturated rings. The van der Waals surface area contributed by atoms with E-state index in [-0.39, 0.29) is 56.8 Å². The van der Waals surface area contributed by atoms with E-state index in [9.17, 15) is 24.0 Å². The average Bonchev–Trinajstić information content (AvgIpc) is 2.69. The number of carbonyl (C=O) groups is 2. The molecule has 1 rings (SSSR count). The summed E-state index contributed by atoms with van der Waals surface area (Å²) in [6.07, 6.45) is 0.962. The molecule has 1 aromatic rings. The third-order valence-electron chi connectivity index (χ3n) is 4.05. The standard InChI is InChI=1S/C20H29N3O7/c1-6-9-21-18(26)22(10-7-12-29-16(24)14(2)3)20(28)23(19(21)27)11-8-13-30-17(25)15(4)5/h2,4,6-13H2,1,3,5H3. The van der Waals surface area contributed by atoms with Gasteiger partial charge in [0.15, 0.2) is 0 Å². The van der Waals surface area contributed by atoms with Gasteiger partial charge in [0.05, 0.1) is 13.2 Å². The van der Waals surface area contributed by atoms with Crippen molar-refractivity contribution in [2.24, 2.45) is 0 Å². The first-order valence-corrected chi connectivity index (χ1v) is 9.71. The van der Waals surface area contributed by atoms with Crippen molar-refractivity contribution in [1.82, 2.24) is 13.7 Å². The van der Waals surface area contributed by atoms with Crippen LogP contribution in [0.25, 0.3) is 0 Å². The van der Waals surface area contributed by atoms with Gasteiger partial charge in [-0.25, -0.2) is 37.7 Å². The third kappa shape index (κ3) is 6.71. The van der Waals surface area contributed by atoms with Crippen LogP contribution in [0.15, 0.2) is 38.7 Å². The van der Waals surface area contributed by atoms with Gasteiger partial charge in [-0.1, -0.05) is 20.1 Å². The van der Waals surface area contributed by atoms with Crippen LogP contribution in [0.1, 0.15) is 40.0 Å². The topological polar surface area (TPSA) is 119 Å². The first kappa shape index (κ1) is 24.9. The molecule has 0 radical (unpaired) electrons. The van der Waals surface area contributed by atoms with Crippen molar-refractivity contribution in [3.63, 3.8) is 0 Å². The van der Waals surface area contributed by atoms with Crippen molar-refractivity contribution in [1.29, 1.82) is 0 Å². The minimum absolute atomic E-state index is 0.00132. The number of ether oxygens (including phenoxy) is 2. The highest BCUT2D eigenvalue weighted by Gasteiger charge is 2.15. The predicted molar refractivity (Wildman–Crippen MR) is 110 cm³/mol. The van der Waals surface area contributed by atoms with Gasteiger partial charge in [0, 0.05) is 30.8 Å². The van der Waals surface area contributed by atoms with Gasteiger partial charge in [-0.15, -0.1) is 0 Å². The number of hydrogen-bond acceptors (Lipinski definition) is 7. The summed E-state index contributed by atoms with van der Waals surface area (Å²) in [6.45, 7) is 11.9. The maximum atomic E-state index is 12.7. The molecular formula is C20H29N3O7. The van der Waals surface area contributed by atoms with Crippen LogP contribution in [0.2, 0.25) is 0 Å². The van der Waals surface area contributed by atoms with Gasteiger partial charge in [-0.05, 0) is 33.1 Å². The molecule has 0 aliphatic carbocycles. The Morgan fingerprint density at radius 1 is 0.733 bits per heavy atom. The molecule has 10 heteroatoms. The minimum Gasteiger partial charge on any atom is -0.462 e. The Morgan fingerprint density at radius 3 is 1.37 bits per heavy atom. The molecule has 1 heterocycles. The van der Waals surface area contributed by atoms with E-state index in [1.165, 1.54) is 13.8 Å². The van der Waals surface area contributed by atoms with E-state index in [1.54, 1.807) is 6.92 Å². The minimum atomic E-state index is -0.755. The van der Waals surface area contributed by atoms with Crippen molar-refractivity contribution in [2.75, 3.05) is 13.2 Å². The smallest absolute Gasteiger partial charge is 0.336 e. The van der Waals surface area contributed by atoms with E-state index < -0.39 is 29.0 Å². The number of esters is 2. The van der Waals surface area contributed by atoms with Gasteiger partial charge in [-0.3, -0.25) is 0 Å². The Bertz CT molecular complexity index is 909. The summed E-state index contributed by atoms with van der Waals surface area (Å²) in [6, 6.07) is 0. The van der Waals surface area contributed by atoms with E-state index in [2.05, 4.69) is 13.2 Å². The van der Waals surface area contributed by atoms with Crippen LogP contribution in [-0.4, -0.2) is 38.9 Å². The fourth-order valence-electron chi connectivity index (χ4n) is 2.50. The number of aromatic nitrogens is 3. The van der Waals surface area contributed by atoms with Crippen molar-refractivity contribution >= 4 is 11.9 Å². The molecule has 10 nitrogen and oxygen atoms in total. The van der Waals surface area contributed by atoms with E-state index in [0.717, 1.165) is 13.7 Å². The second-order valence-electron chi connectivity index (χ2n) is 6.84. The summed E-state index contributed by atoms with van der Waals surface area (Å²) in [7, 11) is 0. The maximum absolute atomic E-state index is 12.7. The molecule has 0 atom stereocenters. The Labute approximate surface area is 174 Å². The quantitative estimate of drug-likeness (QED) is 0.274. The largest absolute Gasteiger partial charge is 0.462 e. The summed E-state index contributed by atoms with van der Waals surface area (Å²) in [5, 5.41) is 0. The summed E-state index contributed by atoms with van der Waals surface area (Å²) >= 11 is 0. The van der Waals surface area contributed by atoms with Crippen LogP contribution in [-0.2, 0) is 38.7 Å². The van der Waals surface area contributed by atoms with Crippen molar-refractivity contribution in [3.05, 3.63) is 55.8 Å². The van der Waals surface area contributed by atoms with Crippen LogP contribution < -0.4 is 17.1 Å². The Balaban J connectivity index is 3.01. The van der Waals surface area contributed by atoms with Crippen LogP contribution in [0.5, 0.6) is 0 Å². The van der Waals surface area contributed by atoms with E-state index >= 15 is 0 Å². The zero-order valence-electron chi connectivity index (χ0n) is 17.8. The highest BCUT2D eigenvalue weighted by molar-refractivity contribution is 5.87. The molecule has 0 unspecified atom stereocenters. The molecular weight excluding hydrogens is 394 g/mol. The summed E-state index contributed by atoms with van der Waals surface area (Å²) in [5.41, 5.74) is -1.67. The lowest BCUT2D eigenvalue weighted by Crippen LogP contribution is -2.54. The molecule has 0 spiro atoms. The molecule has 1 aromatic heterocycles. The SMILES string of the molecule is C=C(C)C(=O)OCCCn1c(=O)n(CCC)c(=O)n(CCCOC(=O)C(=C)C)c1=O. The van der Waals surface area contributed by atoms with Crippen molar-refractivity contribution < 1.29 is 19.1 Å². The molecule has 166 valence electrons. The molecule has 0 aliphatic heterocycles. The normalized spacial score (nSPS) is 10.5. The lowest BCUT2D eigenvalue weighted by Gasteiger charge is -2.14. The Kier molecular flexibility index (Phi) is 9.73. The average molecular weight is 423 g/mol. The van der Waals surface area contributed by atoms with Gasteiger partial charge in [0.1, 0.15) is 0 Å². The lowest BCUT2D eigenvalue weighted by atomic mass is 10.3. The van der Waals surface area contributed by atoms with E-state index in [4.69, 9.17) is 9.47 Å². The second-order valence-corrected chi connectivity index (χ2v) is 6.84. The van der Waals surface area contributed by atoms with Gasteiger partial charge >= 0.3 is 29.0 Å². The number of nitrogens with zero attached hydrogens (tertiary/aromatic N) is 3. The summed E-state index contributed by atoms with van der Waals surface area (Å²) in [4.78, 5) is 60.7. The van der Waals surface area contributed by atoms with Gasteiger partial charge in [-0.2, -0.15) is 0 Å². The molecule has 0 saturated heterocycles. The van der Waals surface area contributed by atoms with Crippen LogP contribution in [0.4, 0.5) is 0 Å². The Morgan fingerprint density at radius 2 is 1.07 bits per heavy atom. The summed E-state index contributed by atoms with van der Waals surface area (Å²) in [5.74, 6) is -1.11. The predicted octanol–water partition coefficient (Wildman–Crippen LogP) is 0.601. The second kappa shape index (κ2) is 11.7. The lowest BCUT2D eigenvalue weighted by molar-refractivity contribution is -0.139. The number of rotatable bonds is 12. The summed E-state index contributed by atoms with van der Waals surface area (Å²) < 4.78 is 12.8. The third-order valence-corrected chi connectivity index (χ3v) is 4.05. The fourth-order valence-corrected chi connectivity index (χ4v) is 2.50. The van der Waals surface area contributed by atoms with E-state index in [1.807, 2.05) is 0 Å². The first-order valence-electron chi connectivity index (χ1n) is 9.71. The van der Waals surface area contributed by atoms with Crippen molar-refractivity contribution in [3.8, 4) is 0 Å². The Hall–Kier alpha value is -3.17. The van der Waals surface area contributed by atoms with Crippen LogP contribution in [0.3, 0.4) is 0 Å². The van der Waals surface area contributed by atoms with Crippen LogP contribution in [0, 0.1) is 0 Å². The highest BCUT2D eigenvalue weighted by atomic mass is 16.5. The molecule has 0 aromatic carbocycles. The maximum Gasteiger partial charge on any atom is 0.336 e. The highest BCUT2D eigenvalue weighted by Crippen LogP contribution is 1.96. The monoisotopic (exact) mass is 423 g/mol. The number of hydrogen-bond donors (Lipinski definition) is 0. The zero-order chi connectivity index (χ0) is 22.8. The first-order chi connectivity index (χ1) is 14.1. The van der Waals surface area contributed by atoms with Crippen molar-refractivity contribution in [2.45, 2.75) is 59.7 Å². The van der Waals surface area contributed by atoms with Gasteiger partial charge < -0.3 is 9.47 Å². The van der Waals surface area contributed by atoms with Crippen LogP contribution >= 0.6 is 0 Å². The molecule has 0 aliphatic rings. The molecule has 0 saturated carbocycles.